The van der Waals surface area contributed by atoms with Gasteiger partial charge in [-0.3, -0.25) is 0 Å². The van der Waals surface area contributed by atoms with Gasteiger partial charge in [-0.2, -0.15) is 0 Å². The van der Waals surface area contributed by atoms with Gasteiger partial charge < -0.3 is 4.90 Å². The molecule has 0 aliphatic heterocycles. The summed E-state index contributed by atoms with van der Waals surface area (Å²) in [6, 6.07) is 38.4. The minimum atomic E-state index is 1.14. The molecule has 134 valence electrons. The van der Waals surface area contributed by atoms with Crippen LogP contribution in [0.3, 0.4) is 0 Å². The summed E-state index contributed by atoms with van der Waals surface area (Å²) < 4.78 is 1.14. The Morgan fingerprint density at radius 3 is 1.21 bits per heavy atom. The van der Waals surface area contributed by atoms with Crippen LogP contribution in [0.5, 0.6) is 0 Å². The van der Waals surface area contributed by atoms with Crippen LogP contribution in [0.15, 0.2) is 114 Å². The Bertz CT molecular complexity index is 1170. The zero-order chi connectivity index (χ0) is 18.9. The molecule has 0 fully saturated rings. The molecular formula is C26H18BrN. The van der Waals surface area contributed by atoms with E-state index < -0.39 is 0 Å². The van der Waals surface area contributed by atoms with Gasteiger partial charge in [0.2, 0.25) is 0 Å². The second kappa shape index (κ2) is 7.14. The molecule has 0 spiro atoms. The maximum atomic E-state index is 3.86. The van der Waals surface area contributed by atoms with E-state index in [0.717, 1.165) is 15.8 Å². The molecule has 0 radical (unpaired) electrons. The third-order valence-electron chi connectivity index (χ3n) is 5.09. The van der Waals surface area contributed by atoms with E-state index >= 15 is 0 Å². The smallest absolute Gasteiger partial charge is 0.0619 e. The molecule has 5 aromatic rings. The Morgan fingerprint density at radius 1 is 0.429 bits per heavy atom. The lowest BCUT2D eigenvalue weighted by molar-refractivity contribution is 1.31. The van der Waals surface area contributed by atoms with E-state index in [-0.39, 0.29) is 0 Å². The third-order valence-corrected chi connectivity index (χ3v) is 5.94. The van der Waals surface area contributed by atoms with E-state index in [9.17, 15) is 0 Å². The average molecular weight is 424 g/mol. The summed E-state index contributed by atoms with van der Waals surface area (Å²) in [4.78, 5) is 2.36. The first-order chi connectivity index (χ1) is 13.8. The van der Waals surface area contributed by atoms with Crippen LogP contribution < -0.4 is 4.90 Å². The average Bonchev–Trinajstić information content (AvgIpc) is 2.78. The number of hydrogen-bond acceptors (Lipinski definition) is 1. The molecule has 1 nitrogen and oxygen atoms in total. The topological polar surface area (TPSA) is 3.24 Å². The van der Waals surface area contributed by atoms with Gasteiger partial charge in [0.05, 0.1) is 5.69 Å². The van der Waals surface area contributed by atoms with Crippen molar-refractivity contribution in [2.75, 3.05) is 4.90 Å². The molecule has 5 rings (SSSR count). The first-order valence-corrected chi connectivity index (χ1v) is 10.1. The molecule has 28 heavy (non-hydrogen) atoms. The van der Waals surface area contributed by atoms with Gasteiger partial charge in [0, 0.05) is 26.6 Å². The van der Waals surface area contributed by atoms with Crippen molar-refractivity contribution in [3.8, 4) is 0 Å². The number of halogens is 1. The maximum Gasteiger partial charge on any atom is 0.0619 e. The van der Waals surface area contributed by atoms with Crippen molar-refractivity contribution in [3.63, 3.8) is 0 Å². The molecule has 0 saturated carbocycles. The summed E-state index contributed by atoms with van der Waals surface area (Å²) in [5.41, 5.74) is 3.49. The number of nitrogens with zero attached hydrogens (tertiary/aromatic N) is 1. The molecule has 2 heteroatoms. The van der Waals surface area contributed by atoms with E-state index in [0.29, 0.717) is 0 Å². The standard InChI is InChI=1S/C26H18BrN/c27-25-21-15-7-9-17-23(21)26(24-18-10-8-16-22(24)25)28(19-11-3-1-4-12-19)20-13-5-2-6-14-20/h1-18H. The van der Waals surface area contributed by atoms with E-state index in [2.05, 4.69) is 130 Å². The molecule has 0 atom stereocenters. The van der Waals surface area contributed by atoms with Gasteiger partial charge >= 0.3 is 0 Å². The number of para-hydroxylation sites is 2. The van der Waals surface area contributed by atoms with Crippen molar-refractivity contribution in [1.82, 2.24) is 0 Å². The summed E-state index contributed by atoms with van der Waals surface area (Å²) in [7, 11) is 0. The van der Waals surface area contributed by atoms with Crippen molar-refractivity contribution in [1.29, 1.82) is 0 Å². The first-order valence-electron chi connectivity index (χ1n) is 9.34. The fourth-order valence-electron chi connectivity index (χ4n) is 3.85. The van der Waals surface area contributed by atoms with Crippen LogP contribution in [0.2, 0.25) is 0 Å². The molecule has 0 unspecified atom stereocenters. The highest BCUT2D eigenvalue weighted by atomic mass is 79.9. The van der Waals surface area contributed by atoms with Crippen molar-refractivity contribution in [3.05, 3.63) is 114 Å². The minimum Gasteiger partial charge on any atom is -0.309 e. The van der Waals surface area contributed by atoms with E-state index in [1.54, 1.807) is 0 Å². The summed E-state index contributed by atoms with van der Waals surface area (Å²) in [6.45, 7) is 0. The summed E-state index contributed by atoms with van der Waals surface area (Å²) in [6.07, 6.45) is 0. The van der Waals surface area contributed by atoms with Crippen LogP contribution in [0.4, 0.5) is 17.1 Å². The molecule has 0 bridgehead atoms. The van der Waals surface area contributed by atoms with Gasteiger partial charge in [0.25, 0.3) is 0 Å². The summed E-state index contributed by atoms with van der Waals surface area (Å²) in [5.74, 6) is 0. The van der Waals surface area contributed by atoms with E-state index in [1.807, 2.05) is 0 Å². The normalized spacial score (nSPS) is 11.0. The van der Waals surface area contributed by atoms with Gasteiger partial charge in [0.15, 0.2) is 0 Å². The van der Waals surface area contributed by atoms with Crippen molar-refractivity contribution in [2.24, 2.45) is 0 Å². The Kier molecular flexibility index (Phi) is 4.34. The molecule has 0 amide bonds. The van der Waals surface area contributed by atoms with Gasteiger partial charge in [-0.1, -0.05) is 84.9 Å². The highest BCUT2D eigenvalue weighted by Crippen LogP contribution is 2.46. The quantitative estimate of drug-likeness (QED) is 0.264. The Balaban J connectivity index is 1.95. The van der Waals surface area contributed by atoms with Gasteiger partial charge in [-0.25, -0.2) is 0 Å². The second-order valence-electron chi connectivity index (χ2n) is 6.76. The number of hydrogen-bond donors (Lipinski definition) is 0. The highest BCUT2D eigenvalue weighted by Gasteiger charge is 2.20. The first kappa shape index (κ1) is 17.0. The second-order valence-corrected chi connectivity index (χ2v) is 7.55. The Hall–Kier alpha value is -3.10. The van der Waals surface area contributed by atoms with Gasteiger partial charge in [-0.15, -0.1) is 0 Å². The lowest BCUT2D eigenvalue weighted by Crippen LogP contribution is -2.11. The van der Waals surface area contributed by atoms with Gasteiger partial charge in [0.1, 0.15) is 0 Å². The monoisotopic (exact) mass is 423 g/mol. The molecule has 0 saturated heterocycles. The van der Waals surface area contributed by atoms with Crippen molar-refractivity contribution < 1.29 is 0 Å². The SMILES string of the molecule is Brc1c2ccccc2c(N(c2ccccc2)c2ccccc2)c2ccccc12. The summed E-state index contributed by atoms with van der Waals surface area (Å²) in [5, 5.41) is 4.88. The molecule has 0 N–H and O–H groups in total. The fourth-order valence-corrected chi connectivity index (χ4v) is 4.55. The highest BCUT2D eigenvalue weighted by molar-refractivity contribution is 9.10. The maximum absolute atomic E-state index is 3.86. The molecular weight excluding hydrogens is 406 g/mol. The van der Waals surface area contributed by atoms with Crippen molar-refractivity contribution in [2.45, 2.75) is 0 Å². The van der Waals surface area contributed by atoms with Crippen LogP contribution in [0, 0.1) is 0 Å². The van der Waals surface area contributed by atoms with E-state index in [4.69, 9.17) is 0 Å². The van der Waals surface area contributed by atoms with Crippen LogP contribution in [0.25, 0.3) is 21.5 Å². The molecule has 0 aliphatic carbocycles. The zero-order valence-electron chi connectivity index (χ0n) is 15.2. The predicted octanol–water partition coefficient (Wildman–Crippen LogP) is 8.23. The lowest BCUT2D eigenvalue weighted by Gasteiger charge is -2.28. The molecule has 5 aromatic carbocycles. The van der Waals surface area contributed by atoms with Crippen LogP contribution in [0.1, 0.15) is 0 Å². The zero-order valence-corrected chi connectivity index (χ0v) is 16.8. The molecule has 0 aromatic heterocycles. The summed E-state index contributed by atoms with van der Waals surface area (Å²) >= 11 is 3.86. The fraction of sp³-hybridized carbons (Fsp3) is 0. The van der Waals surface area contributed by atoms with E-state index in [1.165, 1.54) is 27.2 Å². The number of benzene rings is 5. The molecule has 0 aliphatic rings. The van der Waals surface area contributed by atoms with Crippen molar-refractivity contribution >= 4 is 54.5 Å². The third kappa shape index (κ3) is 2.78. The number of anilines is 3. The number of rotatable bonds is 3. The Morgan fingerprint density at radius 2 is 0.786 bits per heavy atom. The van der Waals surface area contributed by atoms with Gasteiger partial charge in [-0.05, 0) is 51.0 Å². The van der Waals surface area contributed by atoms with Crippen LogP contribution >= 0.6 is 15.9 Å². The minimum absolute atomic E-state index is 1.14. The van der Waals surface area contributed by atoms with Crippen LogP contribution in [-0.2, 0) is 0 Å². The predicted molar refractivity (Wildman–Crippen MR) is 124 cm³/mol. The van der Waals surface area contributed by atoms with Crippen LogP contribution in [-0.4, -0.2) is 0 Å². The Labute approximate surface area is 173 Å². The lowest BCUT2D eigenvalue weighted by atomic mass is 9.99. The number of fused-ring (bicyclic) bond motifs is 2. The largest absolute Gasteiger partial charge is 0.309 e. The molecule has 0 heterocycles.